The number of hydrogen-bond donors (Lipinski definition) is 1. The molecule has 0 amide bonds. The zero-order valence-electron chi connectivity index (χ0n) is 17.4. The molecule has 32 heavy (non-hydrogen) atoms. The molecule has 1 aliphatic rings. The summed E-state index contributed by atoms with van der Waals surface area (Å²) in [4.78, 5) is 4.68. The smallest absolute Gasteiger partial charge is 0.0963 e. The summed E-state index contributed by atoms with van der Waals surface area (Å²) in [5.41, 5.74) is 9.19. The minimum atomic E-state index is 0.857. The highest BCUT2D eigenvalue weighted by Crippen LogP contribution is 2.37. The topological polar surface area (TPSA) is 34.8 Å². The number of fused-ring (bicyclic) bond motifs is 6. The number of nitrogens with zero attached hydrogens (tertiary/aromatic N) is 3. The summed E-state index contributed by atoms with van der Waals surface area (Å²) in [5.74, 6) is 0. The van der Waals surface area contributed by atoms with Crippen LogP contribution in [0.1, 0.15) is 5.69 Å². The van der Waals surface area contributed by atoms with Crippen LogP contribution in [-0.2, 0) is 0 Å². The van der Waals surface area contributed by atoms with E-state index in [9.17, 15) is 0 Å². The summed E-state index contributed by atoms with van der Waals surface area (Å²) in [6.45, 7) is 0.857. The second kappa shape index (κ2) is 6.59. The normalized spacial score (nSPS) is 13.0. The molecule has 3 aromatic carbocycles. The van der Waals surface area contributed by atoms with E-state index in [1.165, 1.54) is 33.2 Å². The average Bonchev–Trinajstić information content (AvgIpc) is 3.37. The van der Waals surface area contributed by atoms with Crippen LogP contribution in [0.25, 0.3) is 50.3 Å². The van der Waals surface area contributed by atoms with Crippen LogP contribution in [0.15, 0.2) is 97.2 Å². The van der Waals surface area contributed by atoms with E-state index in [1.807, 2.05) is 12.3 Å². The maximum atomic E-state index is 4.68. The Morgan fingerprint density at radius 3 is 2.28 bits per heavy atom. The van der Waals surface area contributed by atoms with Gasteiger partial charge in [0.25, 0.3) is 0 Å². The molecule has 0 bridgehead atoms. The summed E-state index contributed by atoms with van der Waals surface area (Å²) >= 11 is 0. The predicted molar refractivity (Wildman–Crippen MR) is 133 cm³/mol. The molecule has 0 aliphatic carbocycles. The number of rotatable bonds is 2. The van der Waals surface area contributed by atoms with Crippen molar-refractivity contribution in [3.63, 3.8) is 0 Å². The van der Waals surface area contributed by atoms with Crippen molar-refractivity contribution in [2.45, 2.75) is 0 Å². The van der Waals surface area contributed by atoms with Crippen LogP contribution in [0, 0.1) is 0 Å². The molecule has 0 fully saturated rings. The fourth-order valence-electron chi connectivity index (χ4n) is 5.05. The van der Waals surface area contributed by atoms with E-state index in [2.05, 4.69) is 110 Å². The Balaban J connectivity index is 1.53. The van der Waals surface area contributed by atoms with E-state index in [-0.39, 0.29) is 0 Å². The van der Waals surface area contributed by atoms with Crippen molar-refractivity contribution in [3.05, 3.63) is 103 Å². The zero-order chi connectivity index (χ0) is 21.1. The van der Waals surface area contributed by atoms with Gasteiger partial charge in [-0.2, -0.15) is 0 Å². The third-order valence-electron chi connectivity index (χ3n) is 6.36. The first kappa shape index (κ1) is 17.4. The Hall–Kier alpha value is -4.31. The molecule has 3 aromatic heterocycles. The molecule has 0 atom stereocenters. The van der Waals surface area contributed by atoms with Crippen LogP contribution in [-0.4, -0.2) is 20.7 Å². The average molecular weight is 412 g/mol. The lowest BCUT2D eigenvalue weighted by atomic mass is 10.2. The minimum Gasteiger partial charge on any atom is -0.379 e. The van der Waals surface area contributed by atoms with Gasteiger partial charge in [0, 0.05) is 34.9 Å². The van der Waals surface area contributed by atoms with Gasteiger partial charge in [-0.15, -0.1) is 0 Å². The van der Waals surface area contributed by atoms with Gasteiger partial charge in [0.15, 0.2) is 0 Å². The Kier molecular flexibility index (Phi) is 3.58. The molecule has 0 unspecified atom stereocenters. The number of para-hydroxylation sites is 2. The van der Waals surface area contributed by atoms with Crippen LogP contribution < -0.4 is 5.32 Å². The maximum Gasteiger partial charge on any atom is 0.0963 e. The summed E-state index contributed by atoms with van der Waals surface area (Å²) in [6.07, 6.45) is 6.27. The molecular weight excluding hydrogens is 392 g/mol. The van der Waals surface area contributed by atoms with Gasteiger partial charge in [0.1, 0.15) is 0 Å². The van der Waals surface area contributed by atoms with Crippen molar-refractivity contribution >= 4 is 44.6 Å². The van der Waals surface area contributed by atoms with E-state index >= 15 is 0 Å². The molecular formula is C28H20N4. The van der Waals surface area contributed by atoms with Crippen molar-refractivity contribution in [2.75, 3.05) is 11.9 Å². The van der Waals surface area contributed by atoms with E-state index in [0.29, 0.717) is 0 Å². The Morgan fingerprint density at radius 1 is 0.688 bits per heavy atom. The highest BCUT2D eigenvalue weighted by atomic mass is 15.1. The van der Waals surface area contributed by atoms with Crippen LogP contribution in [0.3, 0.4) is 0 Å². The van der Waals surface area contributed by atoms with Crippen LogP contribution >= 0.6 is 0 Å². The lowest BCUT2D eigenvalue weighted by Crippen LogP contribution is -2.06. The highest BCUT2D eigenvalue weighted by Gasteiger charge is 2.19. The second-order valence-electron chi connectivity index (χ2n) is 8.14. The number of nitrogens with one attached hydrogen (secondary N) is 1. The largest absolute Gasteiger partial charge is 0.379 e. The molecule has 0 saturated heterocycles. The lowest BCUT2D eigenvalue weighted by Gasteiger charge is -2.15. The standard InChI is InChI=1S/C28H20N4/c1-3-12-23-21(10-1)27-25(14-6-16-29-27)31(23)19-8-5-9-20(18-19)32-24-13-4-2-11-22(24)28-26(32)15-7-17-30-28/h1-16,18,30H,17H2. The molecule has 4 heteroatoms. The molecule has 0 spiro atoms. The highest BCUT2D eigenvalue weighted by molar-refractivity contribution is 6.07. The molecule has 1 aliphatic heterocycles. The first-order valence-corrected chi connectivity index (χ1v) is 10.9. The van der Waals surface area contributed by atoms with Gasteiger partial charge in [-0.1, -0.05) is 48.5 Å². The summed E-state index contributed by atoms with van der Waals surface area (Å²) < 4.78 is 4.66. The van der Waals surface area contributed by atoms with Crippen molar-refractivity contribution in [2.24, 2.45) is 0 Å². The Bertz CT molecular complexity index is 1630. The van der Waals surface area contributed by atoms with Gasteiger partial charge in [-0.05, 0) is 48.5 Å². The molecule has 0 radical (unpaired) electrons. The summed E-state index contributed by atoms with van der Waals surface area (Å²) in [7, 11) is 0. The Labute approximate surface area is 185 Å². The number of hydrogen-bond acceptors (Lipinski definition) is 2. The van der Waals surface area contributed by atoms with Gasteiger partial charge in [-0.25, -0.2) is 0 Å². The molecule has 152 valence electrons. The molecule has 7 rings (SSSR count). The van der Waals surface area contributed by atoms with Gasteiger partial charge < -0.3 is 14.5 Å². The van der Waals surface area contributed by atoms with E-state index in [4.69, 9.17) is 0 Å². The van der Waals surface area contributed by atoms with E-state index < -0.39 is 0 Å². The van der Waals surface area contributed by atoms with Gasteiger partial charge >= 0.3 is 0 Å². The van der Waals surface area contributed by atoms with Crippen LogP contribution in [0.4, 0.5) is 5.69 Å². The van der Waals surface area contributed by atoms with Crippen LogP contribution in [0.2, 0.25) is 0 Å². The third-order valence-corrected chi connectivity index (χ3v) is 6.36. The number of aromatic nitrogens is 3. The molecule has 6 aromatic rings. The SMILES string of the molecule is C1=Cc2c(c3ccccc3n2-c2cccc(-n3c4ccccc4c4ncccc43)c2)NC1. The van der Waals surface area contributed by atoms with Gasteiger partial charge in [0.2, 0.25) is 0 Å². The number of benzene rings is 3. The van der Waals surface area contributed by atoms with Crippen molar-refractivity contribution < 1.29 is 0 Å². The van der Waals surface area contributed by atoms with E-state index in [1.54, 1.807) is 0 Å². The predicted octanol–water partition coefficient (Wildman–Crippen LogP) is 6.56. The van der Waals surface area contributed by atoms with Gasteiger partial charge in [0.05, 0.1) is 33.4 Å². The van der Waals surface area contributed by atoms with E-state index in [0.717, 1.165) is 29.0 Å². The van der Waals surface area contributed by atoms with Crippen molar-refractivity contribution in [1.82, 2.24) is 14.1 Å². The first-order valence-electron chi connectivity index (χ1n) is 10.9. The summed E-state index contributed by atoms with van der Waals surface area (Å²) in [6, 6.07) is 30.0. The number of anilines is 1. The molecule has 0 saturated carbocycles. The van der Waals surface area contributed by atoms with Gasteiger partial charge in [-0.3, -0.25) is 4.98 Å². The lowest BCUT2D eigenvalue weighted by molar-refractivity contribution is 1.08. The van der Waals surface area contributed by atoms with Crippen molar-refractivity contribution in [3.8, 4) is 11.4 Å². The molecule has 4 nitrogen and oxygen atoms in total. The quantitative estimate of drug-likeness (QED) is 0.349. The zero-order valence-corrected chi connectivity index (χ0v) is 17.4. The fraction of sp³-hybridized carbons (Fsp3) is 0.0357. The molecule has 4 heterocycles. The van der Waals surface area contributed by atoms with Crippen LogP contribution in [0.5, 0.6) is 0 Å². The number of pyridine rings is 1. The van der Waals surface area contributed by atoms with Crippen molar-refractivity contribution in [1.29, 1.82) is 0 Å². The third kappa shape index (κ3) is 2.35. The second-order valence-corrected chi connectivity index (χ2v) is 8.14. The summed E-state index contributed by atoms with van der Waals surface area (Å²) in [5, 5.41) is 5.98. The molecule has 1 N–H and O–H groups in total. The maximum absolute atomic E-state index is 4.68. The first-order chi connectivity index (χ1) is 15.9. The monoisotopic (exact) mass is 412 g/mol. The minimum absolute atomic E-state index is 0.857. The Morgan fingerprint density at radius 2 is 1.41 bits per heavy atom. The fourth-order valence-corrected chi connectivity index (χ4v) is 5.05.